The smallest absolute Gasteiger partial charge is 0.286 e. The third-order valence-electron chi connectivity index (χ3n) is 8.96. The molecular weight excluding hydrogens is 593 g/mol. The van der Waals surface area contributed by atoms with Crippen molar-refractivity contribution < 1.29 is 18.7 Å². The van der Waals surface area contributed by atoms with Crippen LogP contribution in [-0.4, -0.2) is 55.4 Å². The van der Waals surface area contributed by atoms with Gasteiger partial charge in [-0.2, -0.15) is 10.1 Å². The zero-order valence-corrected chi connectivity index (χ0v) is 25.6. The van der Waals surface area contributed by atoms with Crippen molar-refractivity contribution in [2.75, 3.05) is 30.5 Å². The van der Waals surface area contributed by atoms with Gasteiger partial charge in [-0.3, -0.25) is 29.3 Å². The Balaban J connectivity index is 1.15. The third-order valence-corrected chi connectivity index (χ3v) is 8.96. The highest BCUT2D eigenvalue weighted by Gasteiger charge is 2.34. The van der Waals surface area contributed by atoms with Crippen LogP contribution in [-0.2, 0) is 22.7 Å². The molecule has 7 rings (SSSR count). The van der Waals surface area contributed by atoms with Crippen molar-refractivity contribution in [3.05, 3.63) is 87.5 Å². The predicted octanol–water partition coefficient (Wildman–Crippen LogP) is 2.81. The number of aromatic nitrogens is 4. The molecule has 3 aromatic heterocycles. The second-order valence-corrected chi connectivity index (χ2v) is 12.1. The van der Waals surface area contributed by atoms with E-state index in [-0.39, 0.29) is 35.6 Å². The predicted molar refractivity (Wildman–Crippen MR) is 168 cm³/mol. The first-order valence-corrected chi connectivity index (χ1v) is 15.5. The van der Waals surface area contributed by atoms with Crippen LogP contribution in [0.1, 0.15) is 66.2 Å². The molecule has 3 aliphatic heterocycles. The first kappa shape index (κ1) is 29.9. The van der Waals surface area contributed by atoms with Gasteiger partial charge in [0.2, 0.25) is 5.91 Å². The zero-order chi connectivity index (χ0) is 32.1. The number of fused-ring (bicyclic) bond motifs is 2. The van der Waals surface area contributed by atoms with Crippen LogP contribution in [0.2, 0.25) is 0 Å². The normalized spacial score (nSPS) is 17.9. The summed E-state index contributed by atoms with van der Waals surface area (Å²) in [4.78, 5) is 45.7. The summed E-state index contributed by atoms with van der Waals surface area (Å²) in [6, 6.07) is 11.6. The topological polar surface area (TPSA) is 153 Å². The third kappa shape index (κ3) is 5.07. The Morgan fingerprint density at radius 1 is 1.11 bits per heavy atom. The second-order valence-electron chi connectivity index (χ2n) is 12.1. The minimum atomic E-state index is -0.661. The van der Waals surface area contributed by atoms with Crippen molar-refractivity contribution in [3.8, 4) is 16.9 Å². The number of ether oxygens (including phenoxy) is 1. The summed E-state index contributed by atoms with van der Waals surface area (Å²) in [5.41, 5.74) is 15.1. The van der Waals surface area contributed by atoms with Crippen molar-refractivity contribution in [1.29, 1.82) is 0 Å². The molecule has 1 unspecified atom stereocenters. The van der Waals surface area contributed by atoms with Crippen LogP contribution < -0.4 is 27.6 Å². The molecule has 5 N–H and O–H groups in total. The SMILES string of the molecule is CC(C)C(=O)N1CCC(c2cc(-c3ccc(NC(=O)c4c5n(n(-c6ccccn6)c4=O)CCOC5)cc3F)c3n2NNC3N)CC1. The summed E-state index contributed by atoms with van der Waals surface area (Å²) in [6.45, 7) is 5.98. The van der Waals surface area contributed by atoms with Gasteiger partial charge in [0.25, 0.3) is 11.5 Å². The van der Waals surface area contributed by atoms with Crippen LogP contribution in [0, 0.1) is 11.7 Å². The number of halogens is 1. The summed E-state index contributed by atoms with van der Waals surface area (Å²) in [5.74, 6) is -0.569. The number of hydrogen-bond acceptors (Lipinski definition) is 8. The van der Waals surface area contributed by atoms with E-state index < -0.39 is 23.4 Å². The number of hydrogen-bond donors (Lipinski definition) is 4. The van der Waals surface area contributed by atoms with Gasteiger partial charge in [0.15, 0.2) is 5.82 Å². The molecule has 0 aliphatic carbocycles. The van der Waals surface area contributed by atoms with E-state index in [1.807, 2.05) is 29.5 Å². The van der Waals surface area contributed by atoms with Crippen molar-refractivity contribution in [3.63, 3.8) is 0 Å². The number of benzene rings is 1. The molecule has 240 valence electrons. The molecule has 13 nitrogen and oxygen atoms in total. The number of nitrogens with zero attached hydrogens (tertiary/aromatic N) is 5. The van der Waals surface area contributed by atoms with Gasteiger partial charge in [0.1, 0.15) is 17.5 Å². The molecular formula is C32H36FN9O4. The van der Waals surface area contributed by atoms with E-state index in [4.69, 9.17) is 10.5 Å². The standard InChI is InChI=1S/C32H36FN9O4/c1-18(2)31(44)39-11-8-19(9-12-39)24-16-22(28-29(34)37-38-41(24)28)21-7-6-20(15-23(21)33)36-30(43)27-25-17-46-14-13-40(25)42(32(27)45)26-5-3-4-10-35-26/h3-7,10,15-16,18-19,29,37-38H,8-9,11-14,17,34H2,1-2H3,(H,36,43). The molecule has 2 amide bonds. The van der Waals surface area contributed by atoms with E-state index in [9.17, 15) is 14.4 Å². The van der Waals surface area contributed by atoms with Gasteiger partial charge in [0, 0.05) is 53.6 Å². The number of piperidine rings is 1. The first-order chi connectivity index (χ1) is 22.2. The quantitative estimate of drug-likeness (QED) is 0.254. The molecule has 1 saturated heterocycles. The average molecular weight is 630 g/mol. The molecule has 46 heavy (non-hydrogen) atoms. The van der Waals surface area contributed by atoms with Gasteiger partial charge in [-0.25, -0.2) is 9.37 Å². The Labute approximate surface area is 264 Å². The summed E-state index contributed by atoms with van der Waals surface area (Å²) in [7, 11) is 0. The number of rotatable bonds is 6. The lowest BCUT2D eigenvalue weighted by Gasteiger charge is -2.33. The molecule has 6 heterocycles. The van der Waals surface area contributed by atoms with E-state index in [2.05, 4.69) is 21.3 Å². The van der Waals surface area contributed by atoms with Crippen LogP contribution in [0.3, 0.4) is 0 Å². The first-order valence-electron chi connectivity index (χ1n) is 15.5. The van der Waals surface area contributed by atoms with Crippen molar-refractivity contribution >= 4 is 17.5 Å². The van der Waals surface area contributed by atoms with Gasteiger partial charge in [-0.05, 0) is 49.2 Å². The molecule has 0 saturated carbocycles. The van der Waals surface area contributed by atoms with Crippen LogP contribution in [0.15, 0.2) is 53.5 Å². The van der Waals surface area contributed by atoms with Crippen LogP contribution in [0.4, 0.5) is 10.1 Å². The molecule has 14 heteroatoms. The maximum Gasteiger partial charge on any atom is 0.286 e. The van der Waals surface area contributed by atoms with Gasteiger partial charge in [-0.15, -0.1) is 0 Å². The molecule has 1 atom stereocenters. The van der Waals surface area contributed by atoms with Gasteiger partial charge in [0.05, 0.1) is 31.1 Å². The molecule has 1 aromatic carbocycles. The highest BCUT2D eigenvalue weighted by Crippen LogP contribution is 2.39. The van der Waals surface area contributed by atoms with Crippen LogP contribution >= 0.6 is 0 Å². The maximum atomic E-state index is 15.8. The van der Waals surface area contributed by atoms with Crippen molar-refractivity contribution in [1.82, 2.24) is 29.3 Å². The number of nitrogens with two attached hydrogens (primary N) is 1. The maximum absolute atomic E-state index is 15.8. The van der Waals surface area contributed by atoms with Gasteiger partial charge >= 0.3 is 0 Å². The Morgan fingerprint density at radius 2 is 1.91 bits per heavy atom. The summed E-state index contributed by atoms with van der Waals surface area (Å²) >= 11 is 0. The van der Waals surface area contributed by atoms with Crippen molar-refractivity contribution in [2.24, 2.45) is 11.7 Å². The molecule has 0 spiro atoms. The Bertz CT molecular complexity index is 1870. The van der Waals surface area contributed by atoms with E-state index in [0.29, 0.717) is 54.6 Å². The Kier molecular flexibility index (Phi) is 7.71. The fraction of sp³-hybridized carbons (Fsp3) is 0.375. The number of nitrogens with one attached hydrogen (secondary N) is 3. The lowest BCUT2D eigenvalue weighted by Crippen LogP contribution is -2.40. The van der Waals surface area contributed by atoms with E-state index >= 15 is 4.39 Å². The molecule has 1 fully saturated rings. The molecule has 0 radical (unpaired) electrons. The minimum absolute atomic E-state index is 0.0476. The number of anilines is 1. The minimum Gasteiger partial charge on any atom is -0.373 e. The number of carbonyl (C=O) groups excluding carboxylic acids is 2. The van der Waals surface area contributed by atoms with Crippen molar-refractivity contribution in [2.45, 2.75) is 51.9 Å². The fourth-order valence-corrected chi connectivity index (χ4v) is 6.69. The van der Waals surface area contributed by atoms with Crippen LogP contribution in [0.5, 0.6) is 0 Å². The van der Waals surface area contributed by atoms with Gasteiger partial charge in [-0.1, -0.05) is 19.9 Å². The number of likely N-dealkylation sites (tertiary alicyclic amines) is 1. The monoisotopic (exact) mass is 629 g/mol. The number of amides is 2. The highest BCUT2D eigenvalue weighted by atomic mass is 19.1. The number of carbonyl (C=O) groups is 2. The molecule has 0 bridgehead atoms. The summed E-state index contributed by atoms with van der Waals surface area (Å²) in [5, 5.41) is 2.70. The molecule has 3 aliphatic rings. The largest absolute Gasteiger partial charge is 0.373 e. The number of pyridine rings is 1. The summed E-state index contributed by atoms with van der Waals surface area (Å²) < 4.78 is 26.4. The second kappa shape index (κ2) is 11.9. The lowest BCUT2D eigenvalue weighted by atomic mass is 9.92. The van der Waals surface area contributed by atoms with E-state index in [1.54, 1.807) is 41.2 Å². The Morgan fingerprint density at radius 3 is 2.63 bits per heavy atom. The molecule has 4 aromatic rings. The summed E-state index contributed by atoms with van der Waals surface area (Å²) in [6.07, 6.45) is 2.56. The van der Waals surface area contributed by atoms with Crippen LogP contribution in [0.25, 0.3) is 16.9 Å². The zero-order valence-electron chi connectivity index (χ0n) is 25.6. The fourth-order valence-electron chi connectivity index (χ4n) is 6.69. The average Bonchev–Trinajstić information content (AvgIpc) is 3.72. The van der Waals surface area contributed by atoms with E-state index in [1.165, 1.54) is 10.7 Å². The highest BCUT2D eigenvalue weighted by molar-refractivity contribution is 6.05. The Hall–Kier alpha value is -4.79. The lowest BCUT2D eigenvalue weighted by molar-refractivity contribution is -0.135. The van der Waals surface area contributed by atoms with Gasteiger partial charge < -0.3 is 20.7 Å². The van der Waals surface area contributed by atoms with E-state index in [0.717, 1.165) is 18.5 Å². The number of hydrazine groups is 1.